The summed E-state index contributed by atoms with van der Waals surface area (Å²) >= 11 is 0. The Morgan fingerprint density at radius 3 is 2.21 bits per heavy atom. The van der Waals surface area contributed by atoms with Crippen molar-refractivity contribution in [1.29, 1.82) is 0 Å². The topological polar surface area (TPSA) is 111 Å². The third kappa shape index (κ3) is 8.55. The summed E-state index contributed by atoms with van der Waals surface area (Å²) in [7, 11) is 3.32. The van der Waals surface area contributed by atoms with E-state index in [0.29, 0.717) is 30.1 Å². The lowest BCUT2D eigenvalue weighted by Gasteiger charge is -2.39. The Kier molecular flexibility index (Phi) is 11.0. The highest BCUT2D eigenvalue weighted by atomic mass is 16.7. The zero-order valence-corrected chi connectivity index (χ0v) is 29.3. The largest absolute Gasteiger partial charge is 0.493 e. The number of carbonyl (C=O) groups excluding carboxylic acids is 1. The monoisotopic (exact) mass is 701 g/mol. The lowest BCUT2D eigenvalue weighted by Crippen LogP contribution is -2.41. The minimum Gasteiger partial charge on any atom is -0.493 e. The fourth-order valence-corrected chi connectivity index (χ4v) is 6.71. The first-order valence-corrected chi connectivity index (χ1v) is 17.4. The van der Waals surface area contributed by atoms with E-state index in [1.807, 2.05) is 91.0 Å². The van der Waals surface area contributed by atoms with Crippen LogP contribution >= 0.6 is 0 Å². The molecule has 0 aliphatic carbocycles. The van der Waals surface area contributed by atoms with Crippen molar-refractivity contribution in [2.45, 2.75) is 44.5 Å². The van der Waals surface area contributed by atoms with Crippen LogP contribution in [-0.4, -0.2) is 49.5 Å². The Morgan fingerprint density at radius 1 is 0.769 bits per heavy atom. The van der Waals surface area contributed by atoms with E-state index in [4.69, 9.17) is 23.7 Å². The molecule has 10 heteroatoms. The van der Waals surface area contributed by atoms with E-state index in [1.165, 1.54) is 11.1 Å². The quantitative estimate of drug-likeness (QED) is 0.126. The molecule has 0 bridgehead atoms. The number of anilines is 2. The van der Waals surface area contributed by atoms with E-state index >= 15 is 0 Å². The van der Waals surface area contributed by atoms with Crippen molar-refractivity contribution in [2.75, 3.05) is 37.9 Å². The predicted octanol–water partition coefficient (Wildman–Crippen LogP) is 8.24. The molecular weight excluding hydrogens is 658 g/mol. The number of nitrogens with zero attached hydrogens (tertiary/aromatic N) is 1. The van der Waals surface area contributed by atoms with E-state index in [2.05, 4.69) is 27.7 Å². The van der Waals surface area contributed by atoms with E-state index in [0.717, 1.165) is 53.4 Å². The standard InChI is InChI=1S/C42H43N3O7/c1-48-39-22-30-19-20-45(25-32(30)23-40(39)49-2)26-37-24-38(29-13-11-28(27-46)12-14-29)52-41(51-37)31-7-6-8-34(21-31)44-42(47)43-33-15-17-36(18-16-33)50-35-9-4-3-5-10-35/h3-18,21-23,37-38,41,46H,19-20,24-27H2,1-2H3,(H2,43,44,47)/t37-,38+,41+/m1/s1. The summed E-state index contributed by atoms with van der Waals surface area (Å²) in [5, 5.41) is 15.4. The van der Waals surface area contributed by atoms with Gasteiger partial charge in [-0.2, -0.15) is 0 Å². The number of methoxy groups -OCH3 is 2. The molecule has 3 atom stereocenters. The molecule has 52 heavy (non-hydrogen) atoms. The second kappa shape index (κ2) is 16.3. The fraction of sp³-hybridized carbons (Fsp3) is 0.262. The van der Waals surface area contributed by atoms with Crippen molar-refractivity contribution >= 4 is 17.4 Å². The number of urea groups is 1. The van der Waals surface area contributed by atoms with Gasteiger partial charge in [-0.1, -0.05) is 54.6 Å². The molecule has 0 spiro atoms. The Hall–Kier alpha value is -5.39. The Balaban J connectivity index is 1.03. The molecule has 2 aliphatic rings. The zero-order chi connectivity index (χ0) is 35.9. The maximum Gasteiger partial charge on any atom is 0.323 e. The van der Waals surface area contributed by atoms with Crippen LogP contribution in [0.25, 0.3) is 0 Å². The van der Waals surface area contributed by atoms with Crippen molar-refractivity contribution in [2.24, 2.45) is 0 Å². The van der Waals surface area contributed by atoms with Crippen molar-refractivity contribution < 1.29 is 33.6 Å². The van der Waals surface area contributed by atoms with E-state index < -0.39 is 6.29 Å². The summed E-state index contributed by atoms with van der Waals surface area (Å²) in [5.41, 5.74) is 6.38. The number of nitrogens with one attached hydrogen (secondary N) is 2. The summed E-state index contributed by atoms with van der Waals surface area (Å²) in [5.74, 6) is 2.89. The molecule has 0 saturated carbocycles. The Labute approximate surface area is 303 Å². The van der Waals surface area contributed by atoms with Gasteiger partial charge >= 0.3 is 6.03 Å². The number of benzene rings is 5. The average molecular weight is 702 g/mol. The van der Waals surface area contributed by atoms with Crippen LogP contribution in [-0.2, 0) is 29.0 Å². The molecule has 1 saturated heterocycles. The van der Waals surface area contributed by atoms with Gasteiger partial charge in [-0.05, 0) is 89.3 Å². The minimum atomic E-state index is -0.662. The molecule has 0 aromatic heterocycles. The van der Waals surface area contributed by atoms with Gasteiger partial charge in [-0.25, -0.2) is 4.79 Å². The number of hydrogen-bond acceptors (Lipinski definition) is 8. The fourth-order valence-electron chi connectivity index (χ4n) is 6.71. The summed E-state index contributed by atoms with van der Waals surface area (Å²) in [6.45, 7) is 2.36. The average Bonchev–Trinajstić information content (AvgIpc) is 3.18. The van der Waals surface area contributed by atoms with E-state index in [-0.39, 0.29) is 24.8 Å². The van der Waals surface area contributed by atoms with Crippen LogP contribution in [0, 0.1) is 0 Å². The molecule has 5 aromatic carbocycles. The molecule has 1 fully saturated rings. The smallest absolute Gasteiger partial charge is 0.323 e. The highest BCUT2D eigenvalue weighted by Crippen LogP contribution is 2.40. The first-order chi connectivity index (χ1) is 25.5. The van der Waals surface area contributed by atoms with Crippen LogP contribution in [0.3, 0.4) is 0 Å². The SMILES string of the molecule is COc1cc2c(cc1OC)CN(C[C@H]1C[C@@H](c3ccc(CO)cc3)O[C@@H](c3cccc(NC(=O)Nc4ccc(Oc5ccccc5)cc4)c3)O1)CC2. The number of aliphatic hydroxyl groups excluding tert-OH is 1. The maximum atomic E-state index is 13.0. The number of carbonyl (C=O) groups is 1. The molecule has 10 nitrogen and oxygen atoms in total. The van der Waals surface area contributed by atoms with E-state index in [1.54, 1.807) is 26.4 Å². The lowest BCUT2D eigenvalue weighted by atomic mass is 9.97. The predicted molar refractivity (Wildman–Crippen MR) is 199 cm³/mol. The molecule has 3 N–H and O–H groups in total. The molecule has 0 unspecified atom stereocenters. The second-order valence-corrected chi connectivity index (χ2v) is 13.0. The normalized spacial score (nSPS) is 18.6. The third-order valence-electron chi connectivity index (χ3n) is 9.38. The summed E-state index contributed by atoms with van der Waals surface area (Å²) < 4.78 is 30.2. The van der Waals surface area contributed by atoms with Gasteiger partial charge < -0.3 is 39.4 Å². The highest BCUT2D eigenvalue weighted by Gasteiger charge is 2.34. The number of hydrogen-bond donors (Lipinski definition) is 3. The lowest BCUT2D eigenvalue weighted by molar-refractivity contribution is -0.253. The minimum absolute atomic E-state index is 0.0192. The number of para-hydroxylation sites is 1. The van der Waals surface area contributed by atoms with Crippen LogP contribution in [0.2, 0.25) is 0 Å². The Bertz CT molecular complexity index is 1950. The van der Waals surface area contributed by atoms with Crippen LogP contribution in [0.5, 0.6) is 23.0 Å². The van der Waals surface area contributed by atoms with Gasteiger partial charge in [-0.3, -0.25) is 4.90 Å². The van der Waals surface area contributed by atoms with Gasteiger partial charge in [-0.15, -0.1) is 0 Å². The van der Waals surface area contributed by atoms with Gasteiger partial charge in [0.15, 0.2) is 17.8 Å². The van der Waals surface area contributed by atoms with Crippen LogP contribution in [0.15, 0.2) is 115 Å². The van der Waals surface area contributed by atoms with Gasteiger partial charge in [0.05, 0.1) is 33.0 Å². The molecule has 2 aliphatic heterocycles. The molecule has 2 heterocycles. The molecule has 268 valence electrons. The van der Waals surface area contributed by atoms with Crippen molar-refractivity contribution in [3.8, 4) is 23.0 Å². The number of rotatable bonds is 11. The van der Waals surface area contributed by atoms with Gasteiger partial charge in [0.25, 0.3) is 0 Å². The first kappa shape index (κ1) is 35.0. The second-order valence-electron chi connectivity index (χ2n) is 13.0. The van der Waals surface area contributed by atoms with Gasteiger partial charge in [0.1, 0.15) is 11.5 Å². The van der Waals surface area contributed by atoms with E-state index in [9.17, 15) is 9.90 Å². The van der Waals surface area contributed by atoms with Crippen LogP contribution in [0.1, 0.15) is 46.6 Å². The van der Waals surface area contributed by atoms with Gasteiger partial charge in [0.2, 0.25) is 0 Å². The van der Waals surface area contributed by atoms with Crippen molar-refractivity contribution in [1.82, 2.24) is 4.90 Å². The summed E-state index contributed by atoms with van der Waals surface area (Å²) in [6, 6.07) is 35.9. The summed E-state index contributed by atoms with van der Waals surface area (Å²) in [4.78, 5) is 15.4. The molecule has 0 radical (unpaired) electrons. The Morgan fingerprint density at radius 2 is 1.48 bits per heavy atom. The molecular formula is C42H43N3O7. The number of ether oxygens (including phenoxy) is 5. The molecule has 2 amide bonds. The summed E-state index contributed by atoms with van der Waals surface area (Å²) in [6.07, 6.45) is 0.545. The molecule has 7 rings (SSSR count). The first-order valence-electron chi connectivity index (χ1n) is 17.4. The molecule has 5 aromatic rings. The van der Waals surface area contributed by atoms with Crippen LogP contribution in [0.4, 0.5) is 16.2 Å². The number of fused-ring (bicyclic) bond motifs is 1. The zero-order valence-electron chi connectivity index (χ0n) is 29.3. The van der Waals surface area contributed by atoms with Crippen molar-refractivity contribution in [3.63, 3.8) is 0 Å². The van der Waals surface area contributed by atoms with Crippen molar-refractivity contribution in [3.05, 3.63) is 143 Å². The third-order valence-corrected chi connectivity index (χ3v) is 9.38. The van der Waals surface area contributed by atoms with Gasteiger partial charge in [0, 0.05) is 43.0 Å². The number of amides is 2. The number of aliphatic hydroxyl groups is 1. The van der Waals surface area contributed by atoms with Crippen LogP contribution < -0.4 is 24.8 Å². The maximum absolute atomic E-state index is 13.0. The highest BCUT2D eigenvalue weighted by molar-refractivity contribution is 5.99.